The highest BCUT2D eigenvalue weighted by Crippen LogP contribution is 2.37. The van der Waals surface area contributed by atoms with Gasteiger partial charge in [0.05, 0.1) is 16.8 Å². The highest BCUT2D eigenvalue weighted by atomic mass is 35.5. The highest BCUT2D eigenvalue weighted by molar-refractivity contribution is 6.30. The Hall–Kier alpha value is -3.18. The number of nitrogens with one attached hydrogen (secondary N) is 1. The molecule has 4 rings (SSSR count). The molecule has 33 heavy (non-hydrogen) atoms. The summed E-state index contributed by atoms with van der Waals surface area (Å²) in [6.45, 7) is 5.67. The quantitative estimate of drug-likeness (QED) is 0.477. The van der Waals surface area contributed by atoms with E-state index in [1.54, 1.807) is 0 Å². The molecule has 0 spiro atoms. The van der Waals surface area contributed by atoms with E-state index in [1.807, 2.05) is 69.3 Å². The molecule has 0 aliphatic heterocycles. The zero-order chi connectivity index (χ0) is 23.5. The number of rotatable bonds is 6. The van der Waals surface area contributed by atoms with E-state index in [9.17, 15) is 9.59 Å². The molecule has 0 fully saturated rings. The predicted octanol–water partition coefficient (Wildman–Crippen LogP) is 5.69. The lowest BCUT2D eigenvalue weighted by molar-refractivity contribution is -0.125. The second-order valence-electron chi connectivity index (χ2n) is 8.73. The molecule has 1 aliphatic carbocycles. The van der Waals surface area contributed by atoms with Gasteiger partial charge in [0.1, 0.15) is 0 Å². The van der Waals surface area contributed by atoms with Gasteiger partial charge in [0, 0.05) is 16.5 Å². The first-order chi connectivity index (χ1) is 15.8. The smallest absolute Gasteiger partial charge is 0.339 e. The molecule has 0 radical (unpaired) electrons. The Kier molecular flexibility index (Phi) is 6.80. The topological polar surface area (TPSA) is 68.3 Å². The van der Waals surface area contributed by atoms with E-state index < -0.39 is 5.97 Å². The number of para-hydroxylation sites is 1. The maximum Gasteiger partial charge on any atom is 0.339 e. The molecular weight excluding hydrogens is 436 g/mol. The summed E-state index contributed by atoms with van der Waals surface area (Å²) in [5.74, 6) is -0.504. The molecule has 5 nitrogen and oxygen atoms in total. The second-order valence-corrected chi connectivity index (χ2v) is 9.17. The van der Waals surface area contributed by atoms with Crippen molar-refractivity contribution in [2.45, 2.75) is 39.7 Å². The van der Waals surface area contributed by atoms with Gasteiger partial charge in [-0.3, -0.25) is 4.79 Å². The van der Waals surface area contributed by atoms with Crippen LogP contribution in [-0.4, -0.2) is 29.5 Å². The first-order valence-corrected chi connectivity index (χ1v) is 11.6. The van der Waals surface area contributed by atoms with Gasteiger partial charge in [-0.05, 0) is 66.7 Å². The van der Waals surface area contributed by atoms with Crippen molar-refractivity contribution < 1.29 is 14.3 Å². The van der Waals surface area contributed by atoms with Crippen molar-refractivity contribution in [3.63, 3.8) is 0 Å². The molecule has 3 aromatic rings. The molecule has 6 heteroatoms. The Morgan fingerprint density at radius 3 is 2.55 bits per heavy atom. The monoisotopic (exact) mass is 462 g/mol. The van der Waals surface area contributed by atoms with Crippen molar-refractivity contribution >= 4 is 46.0 Å². The number of ether oxygens (including phenoxy) is 1. The van der Waals surface area contributed by atoms with E-state index in [1.165, 1.54) is 0 Å². The van der Waals surface area contributed by atoms with Crippen molar-refractivity contribution in [3.05, 3.63) is 75.9 Å². The second kappa shape index (κ2) is 9.75. The van der Waals surface area contributed by atoms with Crippen LogP contribution in [0.15, 0.2) is 48.5 Å². The number of carbonyl (C=O) groups is 2. The Labute approximate surface area is 198 Å². The summed E-state index contributed by atoms with van der Waals surface area (Å²) in [5, 5.41) is 4.29. The highest BCUT2D eigenvalue weighted by Gasteiger charge is 2.28. The van der Waals surface area contributed by atoms with Crippen LogP contribution in [-0.2, 0) is 16.0 Å². The molecular formula is C27H27ClN2O3. The van der Waals surface area contributed by atoms with E-state index in [0.29, 0.717) is 22.9 Å². The average Bonchev–Trinajstić information content (AvgIpc) is 3.19. The van der Waals surface area contributed by atoms with Gasteiger partial charge in [-0.15, -0.1) is 0 Å². The van der Waals surface area contributed by atoms with Gasteiger partial charge in [-0.25, -0.2) is 9.78 Å². The molecule has 1 heterocycles. The lowest BCUT2D eigenvalue weighted by Crippen LogP contribution is -2.38. The molecule has 1 aliphatic rings. The van der Waals surface area contributed by atoms with Crippen LogP contribution in [0.5, 0.6) is 0 Å². The van der Waals surface area contributed by atoms with Gasteiger partial charge < -0.3 is 10.1 Å². The van der Waals surface area contributed by atoms with Gasteiger partial charge in [0.25, 0.3) is 5.91 Å². The third-order valence-corrected chi connectivity index (χ3v) is 6.33. The van der Waals surface area contributed by atoms with Gasteiger partial charge in [0.15, 0.2) is 6.61 Å². The summed E-state index contributed by atoms with van der Waals surface area (Å²) >= 11 is 6.01. The molecule has 1 amide bonds. The summed E-state index contributed by atoms with van der Waals surface area (Å²) < 4.78 is 5.46. The number of aromatic nitrogens is 1. The fourth-order valence-corrected chi connectivity index (χ4v) is 4.06. The first-order valence-electron chi connectivity index (χ1n) is 11.2. The van der Waals surface area contributed by atoms with Gasteiger partial charge >= 0.3 is 5.97 Å². The van der Waals surface area contributed by atoms with Crippen LogP contribution in [0.2, 0.25) is 5.02 Å². The van der Waals surface area contributed by atoms with Crippen LogP contribution >= 0.6 is 11.6 Å². The Bertz CT molecular complexity index is 1230. The van der Waals surface area contributed by atoms with Crippen LogP contribution < -0.4 is 5.32 Å². The molecule has 170 valence electrons. The van der Waals surface area contributed by atoms with Crippen molar-refractivity contribution in [2.75, 3.05) is 6.61 Å². The van der Waals surface area contributed by atoms with Crippen LogP contribution in [0.3, 0.4) is 0 Å². The van der Waals surface area contributed by atoms with E-state index >= 15 is 0 Å². The average molecular weight is 463 g/mol. The summed E-state index contributed by atoms with van der Waals surface area (Å²) in [6.07, 6.45) is 3.54. The number of allylic oxidation sites excluding steroid dienone is 1. The molecule has 2 aromatic carbocycles. The van der Waals surface area contributed by atoms with Crippen LogP contribution in [0.1, 0.15) is 54.4 Å². The zero-order valence-corrected chi connectivity index (χ0v) is 19.8. The number of fused-ring (bicyclic) bond motifs is 2. The number of benzene rings is 2. The number of esters is 1. The summed E-state index contributed by atoms with van der Waals surface area (Å²) in [6, 6.07) is 15.2. The van der Waals surface area contributed by atoms with Crippen LogP contribution in [0.25, 0.3) is 22.6 Å². The largest absolute Gasteiger partial charge is 0.452 e. The number of amides is 1. The zero-order valence-electron chi connectivity index (χ0n) is 19.0. The number of nitrogens with zero attached hydrogens (tertiary/aromatic N) is 1. The van der Waals surface area contributed by atoms with Crippen molar-refractivity contribution in [1.82, 2.24) is 10.3 Å². The van der Waals surface area contributed by atoms with Crippen LogP contribution in [0.4, 0.5) is 0 Å². The van der Waals surface area contributed by atoms with E-state index in [-0.39, 0.29) is 18.6 Å². The Morgan fingerprint density at radius 1 is 1.09 bits per heavy atom. The number of carbonyl (C=O) groups excluding carboxylic acids is 2. The van der Waals surface area contributed by atoms with Gasteiger partial charge in [0.2, 0.25) is 0 Å². The molecule has 1 N–H and O–H groups in total. The number of pyridine rings is 1. The minimum absolute atomic E-state index is 0.00256. The molecule has 1 atom stereocenters. The summed E-state index contributed by atoms with van der Waals surface area (Å²) in [5.41, 5.74) is 5.00. The van der Waals surface area contributed by atoms with E-state index in [2.05, 4.69) is 11.4 Å². The Morgan fingerprint density at radius 2 is 1.82 bits per heavy atom. The van der Waals surface area contributed by atoms with Crippen LogP contribution in [0, 0.1) is 5.92 Å². The van der Waals surface area contributed by atoms with Gasteiger partial charge in [-0.1, -0.05) is 55.8 Å². The van der Waals surface area contributed by atoms with Crippen molar-refractivity contribution in [3.8, 4) is 0 Å². The van der Waals surface area contributed by atoms with Gasteiger partial charge in [-0.2, -0.15) is 0 Å². The lowest BCUT2D eigenvalue weighted by Gasteiger charge is -2.17. The minimum atomic E-state index is -0.495. The number of hydrogen-bond donors (Lipinski definition) is 1. The van der Waals surface area contributed by atoms with E-state index in [0.717, 1.165) is 39.7 Å². The number of halogens is 1. The Balaban J connectivity index is 1.65. The maximum atomic E-state index is 13.2. The predicted molar refractivity (Wildman–Crippen MR) is 132 cm³/mol. The minimum Gasteiger partial charge on any atom is -0.452 e. The fraction of sp³-hybridized carbons (Fsp3) is 0.296. The van der Waals surface area contributed by atoms with Crippen molar-refractivity contribution in [2.24, 2.45) is 5.92 Å². The first kappa shape index (κ1) is 23.0. The maximum absolute atomic E-state index is 13.2. The summed E-state index contributed by atoms with van der Waals surface area (Å²) in [7, 11) is 0. The molecule has 0 saturated carbocycles. The molecule has 0 bridgehead atoms. The third kappa shape index (κ3) is 5.09. The summed E-state index contributed by atoms with van der Waals surface area (Å²) in [4.78, 5) is 30.3. The normalized spacial score (nSPS) is 15.0. The molecule has 1 aromatic heterocycles. The fourth-order valence-electron chi connectivity index (χ4n) is 3.94. The third-order valence-electron chi connectivity index (χ3n) is 6.08. The lowest BCUT2D eigenvalue weighted by atomic mass is 10.0. The van der Waals surface area contributed by atoms with Crippen molar-refractivity contribution in [1.29, 1.82) is 0 Å². The van der Waals surface area contributed by atoms with E-state index in [4.69, 9.17) is 21.3 Å². The molecule has 1 unspecified atom stereocenters. The SMILES string of the molecule is CC(C)C(C)NC(=O)COC(=O)c1c2c(nc3ccccc13)/C(=C\c1ccc(Cl)cc1)CC2. The standard InChI is InChI=1S/C27H27ClN2O3/c1-16(2)17(3)29-24(31)15-33-27(32)25-21-6-4-5-7-23(21)30-26-19(10-13-22(25)26)14-18-8-11-20(28)12-9-18/h4-9,11-12,14,16-17H,10,13,15H2,1-3H3,(H,29,31)/b19-14-. The number of hydrogen-bond acceptors (Lipinski definition) is 4. The molecule has 0 saturated heterocycles.